The lowest BCUT2D eigenvalue weighted by Crippen LogP contribution is -2.37. The molecule has 108 valence electrons. The van der Waals surface area contributed by atoms with Gasteiger partial charge >= 0.3 is 0 Å². The lowest BCUT2D eigenvalue weighted by molar-refractivity contribution is 0.0375. The van der Waals surface area contributed by atoms with Crippen molar-refractivity contribution in [3.63, 3.8) is 0 Å². The Morgan fingerprint density at radius 3 is 2.60 bits per heavy atom. The van der Waals surface area contributed by atoms with Crippen molar-refractivity contribution in [1.29, 1.82) is 0 Å². The average molecular weight is 296 g/mol. The first-order valence-corrected chi connectivity index (χ1v) is 6.60. The smallest absolute Gasteiger partial charge is 0.228 e. The fourth-order valence-electron chi connectivity index (χ4n) is 2.14. The molecular weight excluding hydrogens is 278 g/mol. The van der Waals surface area contributed by atoms with E-state index in [0.29, 0.717) is 11.7 Å². The summed E-state index contributed by atoms with van der Waals surface area (Å²) in [5.41, 5.74) is 0.990. The minimum absolute atomic E-state index is 0. The fourth-order valence-corrected chi connectivity index (χ4v) is 2.14. The highest BCUT2D eigenvalue weighted by Crippen LogP contribution is 2.15. The van der Waals surface area contributed by atoms with Gasteiger partial charge in [-0.05, 0) is 0 Å². The maximum absolute atomic E-state index is 5.32. The Hall–Kier alpha value is -1.43. The molecule has 0 atom stereocenters. The molecule has 0 radical (unpaired) electrons. The van der Waals surface area contributed by atoms with Gasteiger partial charge in [-0.15, -0.1) is 12.4 Å². The number of hydrogen-bond acceptors (Lipinski definition) is 5. The summed E-state index contributed by atoms with van der Waals surface area (Å²) in [5.74, 6) is 1.36. The summed E-state index contributed by atoms with van der Waals surface area (Å²) in [7, 11) is 0. The van der Waals surface area contributed by atoms with Gasteiger partial charge in [-0.25, -0.2) is 0 Å². The van der Waals surface area contributed by atoms with E-state index in [2.05, 4.69) is 15.0 Å². The van der Waals surface area contributed by atoms with Crippen LogP contribution in [-0.2, 0) is 11.2 Å². The molecule has 6 heteroatoms. The van der Waals surface area contributed by atoms with E-state index in [4.69, 9.17) is 9.26 Å². The Morgan fingerprint density at radius 1 is 1.10 bits per heavy atom. The van der Waals surface area contributed by atoms with E-state index in [-0.39, 0.29) is 12.4 Å². The number of morpholine rings is 1. The second-order valence-corrected chi connectivity index (χ2v) is 4.58. The van der Waals surface area contributed by atoms with Crippen molar-refractivity contribution in [2.75, 3.05) is 32.8 Å². The molecule has 0 aliphatic carbocycles. The maximum atomic E-state index is 5.32. The zero-order valence-corrected chi connectivity index (χ0v) is 12.0. The zero-order chi connectivity index (χ0) is 12.9. The van der Waals surface area contributed by atoms with Gasteiger partial charge in [0.1, 0.15) is 0 Å². The molecule has 2 aromatic rings. The molecule has 1 saturated heterocycles. The molecule has 1 aliphatic heterocycles. The van der Waals surface area contributed by atoms with E-state index in [1.165, 1.54) is 0 Å². The van der Waals surface area contributed by atoms with E-state index in [1.54, 1.807) is 0 Å². The fraction of sp³-hybridized carbons (Fsp3) is 0.429. The highest BCUT2D eigenvalue weighted by molar-refractivity contribution is 5.85. The van der Waals surface area contributed by atoms with Crippen LogP contribution in [0.2, 0.25) is 0 Å². The van der Waals surface area contributed by atoms with Gasteiger partial charge in [0.05, 0.1) is 13.2 Å². The molecule has 0 N–H and O–H groups in total. The first-order chi connectivity index (χ1) is 9.42. The molecule has 0 bridgehead atoms. The standard InChI is InChI=1S/C14H17N3O2.ClH/c1-2-4-12(5-3-1)14-15-13(19-16-14)6-7-17-8-10-18-11-9-17;/h1-5H,6-11H2;1H. The normalized spacial score (nSPS) is 15.8. The average Bonchev–Trinajstić information content (AvgIpc) is 2.96. The van der Waals surface area contributed by atoms with Gasteiger partial charge in [0.25, 0.3) is 0 Å². The molecule has 5 nitrogen and oxygen atoms in total. The molecule has 0 unspecified atom stereocenters. The monoisotopic (exact) mass is 295 g/mol. The summed E-state index contributed by atoms with van der Waals surface area (Å²) >= 11 is 0. The zero-order valence-electron chi connectivity index (χ0n) is 11.2. The van der Waals surface area contributed by atoms with E-state index >= 15 is 0 Å². The quantitative estimate of drug-likeness (QED) is 0.864. The number of nitrogens with zero attached hydrogens (tertiary/aromatic N) is 3. The maximum Gasteiger partial charge on any atom is 0.228 e. The molecule has 1 aliphatic rings. The van der Waals surface area contributed by atoms with Gasteiger partial charge in [-0.2, -0.15) is 4.98 Å². The summed E-state index contributed by atoms with van der Waals surface area (Å²) in [6.45, 7) is 4.55. The Balaban J connectivity index is 0.00000147. The van der Waals surface area contributed by atoms with E-state index in [9.17, 15) is 0 Å². The first-order valence-electron chi connectivity index (χ1n) is 6.60. The molecule has 1 aromatic heterocycles. The number of halogens is 1. The minimum Gasteiger partial charge on any atom is -0.379 e. The second-order valence-electron chi connectivity index (χ2n) is 4.58. The molecule has 0 spiro atoms. The number of hydrogen-bond donors (Lipinski definition) is 0. The Kier molecular flexibility index (Phi) is 5.52. The molecule has 1 aromatic carbocycles. The van der Waals surface area contributed by atoms with Gasteiger partial charge < -0.3 is 9.26 Å². The Morgan fingerprint density at radius 2 is 1.85 bits per heavy atom. The third kappa shape index (κ3) is 3.79. The third-order valence-electron chi connectivity index (χ3n) is 3.25. The predicted octanol–water partition coefficient (Wildman–Crippen LogP) is 2.03. The summed E-state index contributed by atoms with van der Waals surface area (Å²) in [6, 6.07) is 9.88. The highest BCUT2D eigenvalue weighted by atomic mass is 35.5. The number of benzene rings is 1. The molecule has 0 amide bonds. The van der Waals surface area contributed by atoms with E-state index < -0.39 is 0 Å². The lowest BCUT2D eigenvalue weighted by Gasteiger charge is -2.25. The molecule has 2 heterocycles. The second kappa shape index (κ2) is 7.38. The molecule has 1 fully saturated rings. The third-order valence-corrected chi connectivity index (χ3v) is 3.25. The van der Waals surface area contributed by atoms with Gasteiger partial charge in [0.15, 0.2) is 0 Å². The van der Waals surface area contributed by atoms with Crippen LogP contribution in [-0.4, -0.2) is 47.9 Å². The van der Waals surface area contributed by atoms with Crippen molar-refractivity contribution < 1.29 is 9.26 Å². The van der Waals surface area contributed by atoms with Crippen molar-refractivity contribution >= 4 is 12.4 Å². The van der Waals surface area contributed by atoms with Gasteiger partial charge in [0, 0.05) is 31.6 Å². The molecular formula is C14H18ClN3O2. The number of ether oxygens (including phenoxy) is 1. The summed E-state index contributed by atoms with van der Waals surface area (Å²) in [5, 5.41) is 4.02. The van der Waals surface area contributed by atoms with Gasteiger partial charge in [0.2, 0.25) is 11.7 Å². The van der Waals surface area contributed by atoms with Crippen LogP contribution in [0.4, 0.5) is 0 Å². The van der Waals surface area contributed by atoms with Crippen molar-refractivity contribution in [3.05, 3.63) is 36.2 Å². The SMILES string of the molecule is Cl.c1ccc(-c2noc(CCN3CCOCC3)n2)cc1. The lowest BCUT2D eigenvalue weighted by atomic mass is 10.2. The van der Waals surface area contributed by atoms with Crippen LogP contribution in [0.5, 0.6) is 0 Å². The Labute approximate surface area is 124 Å². The highest BCUT2D eigenvalue weighted by Gasteiger charge is 2.13. The van der Waals surface area contributed by atoms with E-state index in [0.717, 1.165) is 44.8 Å². The first kappa shape index (κ1) is 15.0. The van der Waals surface area contributed by atoms with Crippen LogP contribution in [0.15, 0.2) is 34.9 Å². The van der Waals surface area contributed by atoms with Crippen molar-refractivity contribution in [3.8, 4) is 11.4 Å². The molecule has 3 rings (SSSR count). The van der Waals surface area contributed by atoms with Crippen LogP contribution in [0.1, 0.15) is 5.89 Å². The van der Waals surface area contributed by atoms with Crippen LogP contribution < -0.4 is 0 Å². The Bertz CT molecular complexity index is 512. The number of aromatic nitrogens is 2. The van der Waals surface area contributed by atoms with Crippen LogP contribution in [0.3, 0.4) is 0 Å². The summed E-state index contributed by atoms with van der Waals surface area (Å²) in [6.07, 6.45) is 0.792. The van der Waals surface area contributed by atoms with Crippen molar-refractivity contribution in [2.24, 2.45) is 0 Å². The largest absolute Gasteiger partial charge is 0.379 e. The number of rotatable bonds is 4. The topological polar surface area (TPSA) is 51.4 Å². The van der Waals surface area contributed by atoms with Gasteiger partial charge in [-0.3, -0.25) is 4.90 Å². The minimum atomic E-state index is 0. The summed E-state index contributed by atoms with van der Waals surface area (Å²) in [4.78, 5) is 6.79. The van der Waals surface area contributed by atoms with Crippen LogP contribution in [0.25, 0.3) is 11.4 Å². The summed E-state index contributed by atoms with van der Waals surface area (Å²) < 4.78 is 10.6. The van der Waals surface area contributed by atoms with Crippen LogP contribution >= 0.6 is 12.4 Å². The molecule has 20 heavy (non-hydrogen) atoms. The predicted molar refractivity (Wildman–Crippen MR) is 77.9 cm³/mol. The molecule has 0 saturated carbocycles. The van der Waals surface area contributed by atoms with E-state index in [1.807, 2.05) is 30.3 Å². The van der Waals surface area contributed by atoms with Gasteiger partial charge in [-0.1, -0.05) is 35.5 Å². The van der Waals surface area contributed by atoms with Crippen LogP contribution in [0, 0.1) is 0 Å². The van der Waals surface area contributed by atoms with Crippen molar-refractivity contribution in [1.82, 2.24) is 15.0 Å². The van der Waals surface area contributed by atoms with Crippen molar-refractivity contribution in [2.45, 2.75) is 6.42 Å².